The summed E-state index contributed by atoms with van der Waals surface area (Å²) in [5.74, 6) is 0.0437. The van der Waals surface area contributed by atoms with Gasteiger partial charge in [0.1, 0.15) is 13.2 Å². The van der Waals surface area contributed by atoms with Crippen molar-refractivity contribution in [1.82, 2.24) is 5.32 Å². The molecule has 0 radical (unpaired) electrons. The average Bonchev–Trinajstić information content (AvgIpc) is 2.39. The molecule has 1 aromatic rings. The molecule has 3 N–H and O–H groups in total. The van der Waals surface area contributed by atoms with Crippen molar-refractivity contribution < 1.29 is 24.2 Å². The third kappa shape index (κ3) is 3.67. The minimum absolute atomic E-state index is 0.0311. The zero-order valence-corrected chi connectivity index (χ0v) is 11.2. The molecule has 0 aliphatic carbocycles. The molecule has 20 heavy (non-hydrogen) atoms. The summed E-state index contributed by atoms with van der Waals surface area (Å²) in [7, 11) is 0. The number of ether oxygens (including phenoxy) is 2. The molecule has 0 aromatic heterocycles. The number of aliphatic carboxylic acids is 1. The first kappa shape index (κ1) is 14.3. The number of carboxylic acid groups (broad SMARTS) is 1. The highest BCUT2D eigenvalue weighted by atomic mass is 35.5. The number of anilines is 1. The SMILES string of the molecule is O=C(O)CCNC(=O)Nc1cc2c(cc1Cl)OCCO2. The number of carboxylic acids is 1. The second-order valence-corrected chi connectivity index (χ2v) is 4.41. The molecule has 0 spiro atoms. The number of amides is 2. The molecular formula is C12H13ClN2O5. The van der Waals surface area contributed by atoms with E-state index in [1.807, 2.05) is 0 Å². The maximum Gasteiger partial charge on any atom is 0.319 e. The Hall–Kier alpha value is -2.15. The van der Waals surface area contributed by atoms with E-state index in [0.29, 0.717) is 35.4 Å². The summed E-state index contributed by atoms with van der Waals surface area (Å²) in [4.78, 5) is 21.9. The van der Waals surface area contributed by atoms with Crippen LogP contribution in [0.4, 0.5) is 10.5 Å². The van der Waals surface area contributed by atoms with E-state index in [0.717, 1.165) is 0 Å². The Kier molecular flexibility index (Phi) is 4.52. The molecule has 0 unspecified atom stereocenters. The molecule has 2 amide bonds. The van der Waals surface area contributed by atoms with Crippen molar-refractivity contribution in [2.75, 3.05) is 25.1 Å². The highest BCUT2D eigenvalue weighted by Gasteiger charge is 2.16. The summed E-state index contributed by atoms with van der Waals surface area (Å²) < 4.78 is 10.7. The van der Waals surface area contributed by atoms with E-state index in [1.165, 1.54) is 0 Å². The van der Waals surface area contributed by atoms with Crippen molar-refractivity contribution in [3.05, 3.63) is 17.2 Å². The number of fused-ring (bicyclic) bond motifs is 1. The van der Waals surface area contributed by atoms with Crippen molar-refractivity contribution in [1.29, 1.82) is 0 Å². The first-order chi connectivity index (χ1) is 9.56. The Morgan fingerprint density at radius 3 is 2.55 bits per heavy atom. The number of nitrogens with one attached hydrogen (secondary N) is 2. The van der Waals surface area contributed by atoms with E-state index in [2.05, 4.69) is 10.6 Å². The number of urea groups is 1. The topological polar surface area (TPSA) is 96.9 Å². The summed E-state index contributed by atoms with van der Waals surface area (Å²) in [6.07, 6.45) is -0.151. The lowest BCUT2D eigenvalue weighted by atomic mass is 10.2. The molecule has 108 valence electrons. The fraction of sp³-hybridized carbons (Fsp3) is 0.333. The van der Waals surface area contributed by atoms with Crippen molar-refractivity contribution >= 4 is 29.3 Å². The van der Waals surface area contributed by atoms with Crippen LogP contribution in [0, 0.1) is 0 Å². The number of rotatable bonds is 4. The largest absolute Gasteiger partial charge is 0.486 e. The van der Waals surface area contributed by atoms with Gasteiger partial charge in [0.25, 0.3) is 0 Å². The predicted octanol–water partition coefficient (Wildman–Crippen LogP) is 1.71. The molecule has 0 saturated carbocycles. The predicted molar refractivity (Wildman–Crippen MR) is 71.7 cm³/mol. The molecule has 0 atom stereocenters. The van der Waals surface area contributed by atoms with Gasteiger partial charge in [0.2, 0.25) is 0 Å². The van der Waals surface area contributed by atoms with Crippen LogP contribution in [0.25, 0.3) is 0 Å². The molecule has 7 nitrogen and oxygen atoms in total. The van der Waals surface area contributed by atoms with Gasteiger partial charge in [0, 0.05) is 18.7 Å². The van der Waals surface area contributed by atoms with Crippen molar-refractivity contribution in [2.24, 2.45) is 0 Å². The van der Waals surface area contributed by atoms with Gasteiger partial charge in [-0.15, -0.1) is 0 Å². The number of carbonyl (C=O) groups excluding carboxylic acids is 1. The Morgan fingerprint density at radius 1 is 1.25 bits per heavy atom. The van der Waals surface area contributed by atoms with Gasteiger partial charge in [0.05, 0.1) is 17.1 Å². The zero-order valence-electron chi connectivity index (χ0n) is 10.4. The number of benzene rings is 1. The van der Waals surface area contributed by atoms with Gasteiger partial charge in [0.15, 0.2) is 11.5 Å². The van der Waals surface area contributed by atoms with Crippen molar-refractivity contribution in [3.63, 3.8) is 0 Å². The number of hydrogen-bond donors (Lipinski definition) is 3. The monoisotopic (exact) mass is 300 g/mol. The lowest BCUT2D eigenvalue weighted by Crippen LogP contribution is -2.30. The van der Waals surface area contributed by atoms with Gasteiger partial charge in [-0.25, -0.2) is 4.79 Å². The fourth-order valence-electron chi connectivity index (χ4n) is 1.61. The van der Waals surface area contributed by atoms with E-state index in [-0.39, 0.29) is 13.0 Å². The van der Waals surface area contributed by atoms with Crippen molar-refractivity contribution in [3.8, 4) is 11.5 Å². The molecule has 1 heterocycles. The van der Waals surface area contributed by atoms with Gasteiger partial charge in [-0.2, -0.15) is 0 Å². The molecule has 2 rings (SSSR count). The van der Waals surface area contributed by atoms with Crippen molar-refractivity contribution in [2.45, 2.75) is 6.42 Å². The summed E-state index contributed by atoms with van der Waals surface area (Å²) in [6.45, 7) is 0.911. The first-order valence-corrected chi connectivity index (χ1v) is 6.30. The van der Waals surface area contributed by atoms with E-state index in [9.17, 15) is 9.59 Å². The van der Waals surface area contributed by atoms with E-state index >= 15 is 0 Å². The summed E-state index contributed by atoms with van der Waals surface area (Å²) in [5, 5.41) is 13.7. The average molecular weight is 301 g/mol. The molecule has 0 saturated heterocycles. The van der Waals surface area contributed by atoms with Crippen LogP contribution in [0.2, 0.25) is 5.02 Å². The first-order valence-electron chi connectivity index (χ1n) is 5.92. The lowest BCUT2D eigenvalue weighted by molar-refractivity contribution is -0.136. The Morgan fingerprint density at radius 2 is 1.90 bits per heavy atom. The maximum absolute atomic E-state index is 11.6. The highest BCUT2D eigenvalue weighted by Crippen LogP contribution is 2.37. The Balaban J connectivity index is 1.98. The molecule has 1 aromatic carbocycles. The smallest absolute Gasteiger partial charge is 0.319 e. The van der Waals surface area contributed by atoms with E-state index in [1.54, 1.807) is 12.1 Å². The second kappa shape index (κ2) is 6.33. The number of carbonyl (C=O) groups is 2. The van der Waals surface area contributed by atoms with Crippen LogP contribution in [-0.2, 0) is 4.79 Å². The third-order valence-electron chi connectivity index (χ3n) is 2.50. The number of halogens is 1. The van der Waals surface area contributed by atoms with Gasteiger partial charge in [-0.3, -0.25) is 4.79 Å². The third-order valence-corrected chi connectivity index (χ3v) is 2.82. The Bertz CT molecular complexity index is 535. The standard InChI is InChI=1S/C12H13ClN2O5/c13-7-5-9-10(20-4-3-19-9)6-8(7)15-12(18)14-2-1-11(16)17/h5-6H,1-4H2,(H,16,17)(H2,14,15,18). The molecule has 8 heteroatoms. The van der Waals surface area contributed by atoms with Crippen LogP contribution >= 0.6 is 11.6 Å². The summed E-state index contributed by atoms with van der Waals surface area (Å²) in [5.41, 5.74) is 0.365. The lowest BCUT2D eigenvalue weighted by Gasteiger charge is -2.20. The highest BCUT2D eigenvalue weighted by molar-refractivity contribution is 6.34. The number of hydrogen-bond acceptors (Lipinski definition) is 4. The van der Waals surface area contributed by atoms with Crippen LogP contribution < -0.4 is 20.1 Å². The molecular weight excluding hydrogens is 288 g/mol. The van der Waals surface area contributed by atoms with Gasteiger partial charge >= 0.3 is 12.0 Å². The van der Waals surface area contributed by atoms with Gasteiger partial charge < -0.3 is 25.2 Å². The minimum atomic E-state index is -0.984. The van der Waals surface area contributed by atoms with Gasteiger partial charge in [-0.1, -0.05) is 11.6 Å². The summed E-state index contributed by atoms with van der Waals surface area (Å²) >= 11 is 6.02. The normalized spacial score (nSPS) is 12.7. The van der Waals surface area contributed by atoms with E-state index in [4.69, 9.17) is 26.2 Å². The van der Waals surface area contributed by atoms with E-state index < -0.39 is 12.0 Å². The second-order valence-electron chi connectivity index (χ2n) is 4.00. The fourth-order valence-corrected chi connectivity index (χ4v) is 1.81. The summed E-state index contributed by atoms with van der Waals surface area (Å²) in [6, 6.07) is 2.58. The Labute approximate surface area is 119 Å². The molecule has 1 aliphatic rings. The quantitative estimate of drug-likeness (QED) is 0.786. The van der Waals surface area contributed by atoms with Crippen LogP contribution in [0.5, 0.6) is 11.5 Å². The molecule has 1 aliphatic heterocycles. The van der Waals surface area contributed by atoms with Crippen LogP contribution in [0.15, 0.2) is 12.1 Å². The molecule has 0 bridgehead atoms. The molecule has 0 fully saturated rings. The minimum Gasteiger partial charge on any atom is -0.486 e. The van der Waals surface area contributed by atoms with Gasteiger partial charge in [-0.05, 0) is 0 Å². The zero-order chi connectivity index (χ0) is 14.5. The van der Waals surface area contributed by atoms with Crippen LogP contribution in [-0.4, -0.2) is 36.9 Å². The van der Waals surface area contributed by atoms with Crippen LogP contribution in [0.1, 0.15) is 6.42 Å². The van der Waals surface area contributed by atoms with Crippen LogP contribution in [0.3, 0.4) is 0 Å². The maximum atomic E-state index is 11.6.